The molecule has 0 unspecified atom stereocenters. The number of carbonyl (C=O) groups is 1. The summed E-state index contributed by atoms with van der Waals surface area (Å²) in [5.41, 5.74) is 4.93. The van der Waals surface area contributed by atoms with E-state index in [9.17, 15) is 4.79 Å². The van der Waals surface area contributed by atoms with E-state index in [1.54, 1.807) is 7.11 Å². The van der Waals surface area contributed by atoms with E-state index in [0.717, 1.165) is 13.0 Å². The van der Waals surface area contributed by atoms with Gasteiger partial charge in [0.05, 0.1) is 6.61 Å². The zero-order chi connectivity index (χ0) is 18.6. The fourth-order valence-corrected chi connectivity index (χ4v) is 4.30. The van der Waals surface area contributed by atoms with Crippen molar-refractivity contribution in [2.45, 2.75) is 18.4 Å². The van der Waals surface area contributed by atoms with Gasteiger partial charge < -0.3 is 20.1 Å². The molecule has 1 heterocycles. The van der Waals surface area contributed by atoms with Gasteiger partial charge in [-0.1, -0.05) is 48.5 Å². The average Bonchev–Trinajstić information content (AvgIpc) is 3.27. The molecule has 5 nitrogen and oxygen atoms in total. The summed E-state index contributed by atoms with van der Waals surface area (Å²) in [5, 5.41) is 6.34. The summed E-state index contributed by atoms with van der Waals surface area (Å²) >= 11 is 0. The molecule has 5 heteroatoms. The highest BCUT2D eigenvalue weighted by atomic mass is 16.5. The number of hydrogen-bond donors (Lipinski definition) is 2. The van der Waals surface area contributed by atoms with Crippen LogP contribution < -0.4 is 10.6 Å². The van der Waals surface area contributed by atoms with E-state index in [1.165, 1.54) is 22.3 Å². The van der Waals surface area contributed by atoms with E-state index in [2.05, 4.69) is 47.0 Å². The number of amides is 1. The molecule has 142 valence electrons. The number of carbonyl (C=O) groups excluding carboxylic acids is 1. The lowest BCUT2D eigenvalue weighted by molar-refractivity contribution is 0.135. The molecule has 0 saturated carbocycles. The molecule has 0 bridgehead atoms. The second kappa shape index (κ2) is 8.11. The Kier molecular flexibility index (Phi) is 5.41. The summed E-state index contributed by atoms with van der Waals surface area (Å²) in [6, 6.07) is 17.0. The Morgan fingerprint density at radius 1 is 1.07 bits per heavy atom. The van der Waals surface area contributed by atoms with Gasteiger partial charge in [-0.3, -0.25) is 0 Å². The predicted octanol–water partition coefficient (Wildman–Crippen LogP) is 3.15. The van der Waals surface area contributed by atoms with E-state index in [-0.39, 0.29) is 12.0 Å². The quantitative estimate of drug-likeness (QED) is 0.825. The number of hydrogen-bond acceptors (Lipinski definition) is 4. The van der Waals surface area contributed by atoms with Crippen molar-refractivity contribution in [1.82, 2.24) is 10.6 Å². The SMILES string of the molecule is COC[C@H]1NCC[C@H]1CNC(=O)OCC1c2ccccc2-c2ccccc21. The smallest absolute Gasteiger partial charge is 0.407 e. The van der Waals surface area contributed by atoms with E-state index in [1.807, 2.05) is 12.1 Å². The van der Waals surface area contributed by atoms with Crippen molar-refractivity contribution in [2.75, 3.05) is 33.4 Å². The average molecular weight is 366 g/mol. The molecule has 27 heavy (non-hydrogen) atoms. The van der Waals surface area contributed by atoms with Crippen LogP contribution in [-0.2, 0) is 9.47 Å². The summed E-state index contributed by atoms with van der Waals surface area (Å²) in [6.45, 7) is 2.59. The van der Waals surface area contributed by atoms with Crippen molar-refractivity contribution in [1.29, 1.82) is 0 Å². The molecule has 2 N–H and O–H groups in total. The number of fused-ring (bicyclic) bond motifs is 3. The van der Waals surface area contributed by atoms with Gasteiger partial charge in [-0.2, -0.15) is 0 Å². The first kappa shape index (κ1) is 18.0. The third-order valence-electron chi connectivity index (χ3n) is 5.69. The lowest BCUT2D eigenvalue weighted by atomic mass is 9.98. The minimum Gasteiger partial charge on any atom is -0.449 e. The van der Waals surface area contributed by atoms with Crippen LogP contribution in [0.25, 0.3) is 11.1 Å². The molecule has 1 aliphatic carbocycles. The van der Waals surface area contributed by atoms with Gasteiger partial charge in [0.25, 0.3) is 0 Å². The maximum atomic E-state index is 12.3. The molecule has 1 fully saturated rings. The van der Waals surface area contributed by atoms with Crippen LogP contribution >= 0.6 is 0 Å². The number of methoxy groups -OCH3 is 1. The number of rotatable bonds is 6. The summed E-state index contributed by atoms with van der Waals surface area (Å²) in [7, 11) is 1.70. The summed E-state index contributed by atoms with van der Waals surface area (Å²) in [6.07, 6.45) is 0.692. The van der Waals surface area contributed by atoms with E-state index < -0.39 is 0 Å². The highest BCUT2D eigenvalue weighted by Gasteiger charge is 2.30. The van der Waals surface area contributed by atoms with Gasteiger partial charge in [-0.05, 0) is 41.1 Å². The first-order chi connectivity index (χ1) is 13.3. The van der Waals surface area contributed by atoms with E-state index in [4.69, 9.17) is 9.47 Å². The van der Waals surface area contributed by atoms with Crippen molar-refractivity contribution in [2.24, 2.45) is 5.92 Å². The van der Waals surface area contributed by atoms with Crippen molar-refractivity contribution < 1.29 is 14.3 Å². The number of benzene rings is 2. The molecule has 4 rings (SSSR count). The largest absolute Gasteiger partial charge is 0.449 e. The van der Waals surface area contributed by atoms with Crippen LogP contribution in [0.15, 0.2) is 48.5 Å². The Bertz CT molecular complexity index is 762. The molecule has 0 aromatic heterocycles. The monoisotopic (exact) mass is 366 g/mol. The third kappa shape index (κ3) is 3.70. The fraction of sp³-hybridized carbons (Fsp3) is 0.409. The minimum absolute atomic E-state index is 0.0949. The standard InChI is InChI=1S/C22H26N2O3/c1-26-14-21-15(10-11-23-21)12-24-22(25)27-13-20-18-8-4-2-6-16(18)17-7-3-5-9-19(17)20/h2-9,15,20-21,23H,10-14H2,1H3,(H,24,25)/t15-,21+/m0/s1. The Morgan fingerprint density at radius 3 is 2.41 bits per heavy atom. The van der Waals surface area contributed by atoms with Crippen molar-refractivity contribution in [3.8, 4) is 11.1 Å². The predicted molar refractivity (Wildman–Crippen MR) is 105 cm³/mol. The zero-order valence-corrected chi connectivity index (χ0v) is 15.6. The Labute approximate surface area is 160 Å². The molecular formula is C22H26N2O3. The Hall–Kier alpha value is -2.37. The first-order valence-electron chi connectivity index (χ1n) is 9.59. The fourth-order valence-electron chi connectivity index (χ4n) is 4.30. The molecule has 0 spiro atoms. The molecule has 0 radical (unpaired) electrons. The zero-order valence-electron chi connectivity index (χ0n) is 15.6. The maximum absolute atomic E-state index is 12.3. The van der Waals surface area contributed by atoms with Crippen LogP contribution in [0.4, 0.5) is 4.79 Å². The molecule has 2 aliphatic rings. The van der Waals surface area contributed by atoms with Crippen LogP contribution in [0, 0.1) is 5.92 Å². The summed E-state index contributed by atoms with van der Waals surface area (Å²) < 4.78 is 10.8. The highest BCUT2D eigenvalue weighted by Crippen LogP contribution is 2.44. The Balaban J connectivity index is 1.35. The van der Waals surface area contributed by atoms with Gasteiger partial charge in [0.15, 0.2) is 0 Å². The van der Waals surface area contributed by atoms with Gasteiger partial charge in [0, 0.05) is 25.6 Å². The molecule has 1 amide bonds. The van der Waals surface area contributed by atoms with E-state index >= 15 is 0 Å². The van der Waals surface area contributed by atoms with Crippen molar-refractivity contribution in [3.63, 3.8) is 0 Å². The second-order valence-electron chi connectivity index (χ2n) is 7.27. The molecule has 2 aromatic carbocycles. The minimum atomic E-state index is -0.347. The normalized spacial score (nSPS) is 20.9. The van der Waals surface area contributed by atoms with Crippen LogP contribution in [0.5, 0.6) is 0 Å². The molecule has 1 aliphatic heterocycles. The van der Waals surface area contributed by atoms with Crippen LogP contribution in [0.1, 0.15) is 23.5 Å². The van der Waals surface area contributed by atoms with Crippen LogP contribution in [0.2, 0.25) is 0 Å². The lowest BCUT2D eigenvalue weighted by Gasteiger charge is -2.19. The molecule has 2 atom stereocenters. The first-order valence-corrected chi connectivity index (χ1v) is 9.59. The van der Waals surface area contributed by atoms with Gasteiger partial charge in [-0.15, -0.1) is 0 Å². The van der Waals surface area contributed by atoms with Gasteiger partial charge in [-0.25, -0.2) is 4.79 Å². The number of nitrogens with one attached hydrogen (secondary N) is 2. The Morgan fingerprint density at radius 2 is 1.74 bits per heavy atom. The highest BCUT2D eigenvalue weighted by molar-refractivity contribution is 5.79. The number of ether oxygens (including phenoxy) is 2. The molecular weight excluding hydrogens is 340 g/mol. The lowest BCUT2D eigenvalue weighted by Crippen LogP contribution is -2.38. The topological polar surface area (TPSA) is 59.6 Å². The third-order valence-corrected chi connectivity index (χ3v) is 5.69. The molecule has 2 aromatic rings. The second-order valence-corrected chi connectivity index (χ2v) is 7.27. The van der Waals surface area contributed by atoms with Crippen molar-refractivity contribution in [3.05, 3.63) is 59.7 Å². The van der Waals surface area contributed by atoms with Crippen LogP contribution in [-0.4, -0.2) is 45.5 Å². The van der Waals surface area contributed by atoms with Gasteiger partial charge in [0.2, 0.25) is 0 Å². The number of alkyl carbamates (subject to hydrolysis) is 1. The van der Waals surface area contributed by atoms with Crippen LogP contribution in [0.3, 0.4) is 0 Å². The van der Waals surface area contributed by atoms with Crippen molar-refractivity contribution >= 4 is 6.09 Å². The van der Waals surface area contributed by atoms with Gasteiger partial charge >= 0.3 is 6.09 Å². The van der Waals surface area contributed by atoms with E-state index in [0.29, 0.717) is 31.7 Å². The van der Waals surface area contributed by atoms with Gasteiger partial charge in [0.1, 0.15) is 6.61 Å². The summed E-state index contributed by atoms with van der Waals surface area (Å²) in [5.74, 6) is 0.475. The summed E-state index contributed by atoms with van der Waals surface area (Å²) in [4.78, 5) is 12.3. The molecule has 1 saturated heterocycles. The maximum Gasteiger partial charge on any atom is 0.407 e.